The van der Waals surface area contributed by atoms with Crippen LogP contribution in [0.4, 0.5) is 0 Å². The number of carbonyl (C=O) groups excluding carboxylic acids is 1. The maximum atomic E-state index is 11.2. The van der Waals surface area contributed by atoms with Gasteiger partial charge in [-0.1, -0.05) is 6.42 Å². The van der Waals surface area contributed by atoms with Crippen LogP contribution in [0.2, 0.25) is 0 Å². The maximum absolute atomic E-state index is 11.2. The van der Waals surface area contributed by atoms with Crippen molar-refractivity contribution in [1.29, 1.82) is 0 Å². The van der Waals surface area contributed by atoms with Gasteiger partial charge in [0.05, 0.1) is 0 Å². The molecular weight excluding hydrogens is 208 g/mol. The monoisotopic (exact) mass is 230 g/mol. The Labute approximate surface area is 96.8 Å². The average molecular weight is 230 g/mol. The standard InChI is InChI=1S/C11H22N2OS/c1-3-12-11(14)7-8-13-9-5-4-6-10(9)15-2/h9-10,13H,3-8H2,1-2H3,(H,12,14). The van der Waals surface area contributed by atoms with E-state index in [0.29, 0.717) is 12.5 Å². The fourth-order valence-electron chi connectivity index (χ4n) is 2.10. The molecule has 15 heavy (non-hydrogen) atoms. The summed E-state index contributed by atoms with van der Waals surface area (Å²) in [6.45, 7) is 3.50. The first-order valence-corrected chi connectivity index (χ1v) is 7.09. The summed E-state index contributed by atoms with van der Waals surface area (Å²) in [6.07, 6.45) is 6.69. The lowest BCUT2D eigenvalue weighted by molar-refractivity contribution is -0.120. The summed E-state index contributed by atoms with van der Waals surface area (Å²) in [5, 5.41) is 7.05. The largest absolute Gasteiger partial charge is 0.356 e. The van der Waals surface area contributed by atoms with Crippen molar-refractivity contribution in [1.82, 2.24) is 10.6 Å². The van der Waals surface area contributed by atoms with Crippen LogP contribution in [0.3, 0.4) is 0 Å². The van der Waals surface area contributed by atoms with Crippen LogP contribution in [0.15, 0.2) is 0 Å². The number of amides is 1. The highest BCUT2D eigenvalue weighted by Crippen LogP contribution is 2.28. The van der Waals surface area contributed by atoms with Gasteiger partial charge in [0.25, 0.3) is 0 Å². The number of thioether (sulfide) groups is 1. The van der Waals surface area contributed by atoms with Crippen molar-refractivity contribution in [2.24, 2.45) is 0 Å². The van der Waals surface area contributed by atoms with Crippen molar-refractivity contribution in [3.8, 4) is 0 Å². The molecular formula is C11H22N2OS. The molecule has 88 valence electrons. The van der Waals surface area contributed by atoms with Crippen molar-refractivity contribution in [2.45, 2.75) is 43.9 Å². The van der Waals surface area contributed by atoms with E-state index in [4.69, 9.17) is 0 Å². The van der Waals surface area contributed by atoms with Gasteiger partial charge in [-0.3, -0.25) is 4.79 Å². The molecule has 3 nitrogen and oxygen atoms in total. The molecule has 2 N–H and O–H groups in total. The van der Waals surface area contributed by atoms with E-state index >= 15 is 0 Å². The third-order valence-electron chi connectivity index (χ3n) is 2.89. The van der Waals surface area contributed by atoms with Crippen LogP contribution < -0.4 is 10.6 Å². The Balaban J connectivity index is 2.11. The number of rotatable bonds is 6. The third kappa shape index (κ3) is 4.43. The SMILES string of the molecule is CCNC(=O)CCNC1CCCC1SC. The molecule has 2 unspecified atom stereocenters. The van der Waals surface area contributed by atoms with Gasteiger partial charge in [0.2, 0.25) is 5.91 Å². The quantitative estimate of drug-likeness (QED) is 0.724. The van der Waals surface area contributed by atoms with Crippen molar-refractivity contribution in [3.63, 3.8) is 0 Å². The molecule has 0 aromatic carbocycles. The zero-order valence-electron chi connectivity index (χ0n) is 9.71. The minimum absolute atomic E-state index is 0.156. The summed E-state index contributed by atoms with van der Waals surface area (Å²) in [5.74, 6) is 0.156. The van der Waals surface area contributed by atoms with E-state index in [2.05, 4.69) is 16.9 Å². The Hall–Kier alpha value is -0.220. The Kier molecular flexibility index (Phi) is 6.10. The molecule has 0 aromatic heterocycles. The van der Waals surface area contributed by atoms with Crippen molar-refractivity contribution in [2.75, 3.05) is 19.3 Å². The molecule has 0 radical (unpaired) electrons. The van der Waals surface area contributed by atoms with E-state index < -0.39 is 0 Å². The highest BCUT2D eigenvalue weighted by molar-refractivity contribution is 7.99. The summed E-state index contributed by atoms with van der Waals surface area (Å²) < 4.78 is 0. The molecule has 0 heterocycles. The van der Waals surface area contributed by atoms with E-state index in [0.717, 1.165) is 18.3 Å². The normalized spacial score (nSPS) is 25.5. The molecule has 2 atom stereocenters. The van der Waals surface area contributed by atoms with E-state index in [1.165, 1.54) is 19.3 Å². The van der Waals surface area contributed by atoms with E-state index in [-0.39, 0.29) is 5.91 Å². The summed E-state index contributed by atoms with van der Waals surface area (Å²) in [4.78, 5) is 11.2. The maximum Gasteiger partial charge on any atom is 0.221 e. The second-order valence-corrected chi connectivity index (χ2v) is 5.05. The minimum atomic E-state index is 0.156. The number of nitrogens with one attached hydrogen (secondary N) is 2. The van der Waals surface area contributed by atoms with Gasteiger partial charge in [0, 0.05) is 30.8 Å². The second kappa shape index (κ2) is 7.12. The predicted molar refractivity (Wildman–Crippen MR) is 66.2 cm³/mol. The van der Waals surface area contributed by atoms with Gasteiger partial charge < -0.3 is 10.6 Å². The fraction of sp³-hybridized carbons (Fsp3) is 0.909. The number of hydrogen-bond donors (Lipinski definition) is 2. The highest BCUT2D eigenvalue weighted by Gasteiger charge is 2.25. The molecule has 1 rings (SSSR count). The van der Waals surface area contributed by atoms with Gasteiger partial charge in [-0.05, 0) is 26.0 Å². The number of hydrogen-bond acceptors (Lipinski definition) is 3. The molecule has 0 aliphatic heterocycles. The van der Waals surface area contributed by atoms with Crippen LogP contribution in [0.1, 0.15) is 32.6 Å². The van der Waals surface area contributed by atoms with Crippen LogP contribution >= 0.6 is 11.8 Å². The number of carbonyl (C=O) groups is 1. The summed E-state index contributed by atoms with van der Waals surface area (Å²) >= 11 is 1.95. The van der Waals surface area contributed by atoms with Gasteiger partial charge in [-0.25, -0.2) is 0 Å². The molecule has 4 heteroatoms. The van der Waals surface area contributed by atoms with Crippen molar-refractivity contribution >= 4 is 17.7 Å². The van der Waals surface area contributed by atoms with Gasteiger partial charge in [0.15, 0.2) is 0 Å². The lowest BCUT2D eigenvalue weighted by atomic mass is 10.2. The van der Waals surface area contributed by atoms with Gasteiger partial charge in [0.1, 0.15) is 0 Å². The van der Waals surface area contributed by atoms with Crippen molar-refractivity contribution < 1.29 is 4.79 Å². The Morgan fingerprint density at radius 1 is 1.47 bits per heavy atom. The van der Waals surface area contributed by atoms with E-state index in [1.807, 2.05) is 18.7 Å². The predicted octanol–water partition coefficient (Wildman–Crippen LogP) is 1.39. The first-order valence-electron chi connectivity index (χ1n) is 5.80. The smallest absolute Gasteiger partial charge is 0.221 e. The molecule has 1 fully saturated rings. The Morgan fingerprint density at radius 2 is 2.27 bits per heavy atom. The van der Waals surface area contributed by atoms with Crippen LogP contribution in [0, 0.1) is 0 Å². The molecule has 0 spiro atoms. The van der Waals surface area contributed by atoms with Gasteiger partial charge in [-0.15, -0.1) is 0 Å². The Bertz CT molecular complexity index is 199. The zero-order valence-corrected chi connectivity index (χ0v) is 10.5. The first kappa shape index (κ1) is 12.8. The molecule has 0 aromatic rings. The fourth-order valence-corrected chi connectivity index (χ4v) is 3.06. The second-order valence-electron chi connectivity index (χ2n) is 3.97. The van der Waals surface area contributed by atoms with Crippen LogP contribution in [-0.2, 0) is 4.79 Å². The molecule has 1 amide bonds. The lowest BCUT2D eigenvalue weighted by Crippen LogP contribution is -2.36. The lowest BCUT2D eigenvalue weighted by Gasteiger charge is -2.18. The molecule has 1 aliphatic carbocycles. The van der Waals surface area contributed by atoms with E-state index in [1.54, 1.807) is 0 Å². The highest BCUT2D eigenvalue weighted by atomic mass is 32.2. The first-order chi connectivity index (χ1) is 7.27. The average Bonchev–Trinajstić information content (AvgIpc) is 2.66. The topological polar surface area (TPSA) is 41.1 Å². The summed E-state index contributed by atoms with van der Waals surface area (Å²) in [5.41, 5.74) is 0. The molecule has 1 saturated carbocycles. The van der Waals surface area contributed by atoms with Crippen LogP contribution in [-0.4, -0.2) is 36.5 Å². The van der Waals surface area contributed by atoms with Gasteiger partial charge >= 0.3 is 0 Å². The molecule has 1 aliphatic rings. The minimum Gasteiger partial charge on any atom is -0.356 e. The molecule has 0 saturated heterocycles. The Morgan fingerprint density at radius 3 is 2.93 bits per heavy atom. The molecule has 0 bridgehead atoms. The zero-order chi connectivity index (χ0) is 11.1. The van der Waals surface area contributed by atoms with Gasteiger partial charge in [-0.2, -0.15) is 11.8 Å². The van der Waals surface area contributed by atoms with Crippen LogP contribution in [0.25, 0.3) is 0 Å². The van der Waals surface area contributed by atoms with E-state index in [9.17, 15) is 4.79 Å². The summed E-state index contributed by atoms with van der Waals surface area (Å²) in [6, 6.07) is 0.620. The third-order valence-corrected chi connectivity index (χ3v) is 4.06. The van der Waals surface area contributed by atoms with Crippen molar-refractivity contribution in [3.05, 3.63) is 0 Å². The summed E-state index contributed by atoms with van der Waals surface area (Å²) in [7, 11) is 0. The van der Waals surface area contributed by atoms with Crippen LogP contribution in [0.5, 0.6) is 0 Å².